The predicted molar refractivity (Wildman–Crippen MR) is 126 cm³/mol. The van der Waals surface area contributed by atoms with Crippen molar-refractivity contribution in [3.8, 4) is 0 Å². The van der Waals surface area contributed by atoms with Crippen LogP contribution in [-0.2, 0) is 14.3 Å². The van der Waals surface area contributed by atoms with Gasteiger partial charge < -0.3 is 14.8 Å². The van der Waals surface area contributed by atoms with Crippen LogP contribution in [0.4, 0.5) is 5.69 Å². The number of rotatable bonds is 7. The van der Waals surface area contributed by atoms with Crippen LogP contribution in [0.25, 0.3) is 10.2 Å². The van der Waals surface area contributed by atoms with Crippen LogP contribution >= 0.6 is 23.1 Å². The van der Waals surface area contributed by atoms with E-state index in [2.05, 4.69) is 10.3 Å². The van der Waals surface area contributed by atoms with Gasteiger partial charge >= 0.3 is 0 Å². The van der Waals surface area contributed by atoms with Gasteiger partial charge in [0.1, 0.15) is 6.54 Å². The highest BCUT2D eigenvalue weighted by molar-refractivity contribution is 8.01. The summed E-state index contributed by atoms with van der Waals surface area (Å²) in [5.41, 5.74) is 2.10. The number of carbonyl (C=O) groups excluding carboxylic acids is 3. The number of anilines is 1. The number of nitrogens with zero attached hydrogens (tertiary/aromatic N) is 2. The summed E-state index contributed by atoms with van der Waals surface area (Å²) in [7, 11) is 0. The summed E-state index contributed by atoms with van der Waals surface area (Å²) in [5, 5.41) is 2.78. The maximum Gasteiger partial charge on any atom is 0.262 e. The molecule has 0 aliphatic carbocycles. The first kappa shape index (κ1) is 22.0. The van der Waals surface area contributed by atoms with Crippen LogP contribution in [0.1, 0.15) is 33.6 Å². The van der Waals surface area contributed by atoms with Gasteiger partial charge in [-0.2, -0.15) is 0 Å². The van der Waals surface area contributed by atoms with Crippen LogP contribution in [0.5, 0.6) is 0 Å². The summed E-state index contributed by atoms with van der Waals surface area (Å²) < 4.78 is 13.0. The Morgan fingerprint density at radius 1 is 1.12 bits per heavy atom. The number of hydrogen-bond acceptors (Lipinski definition) is 8. The molecule has 8 nitrogen and oxygen atoms in total. The number of fused-ring (bicyclic) bond motifs is 2. The minimum atomic E-state index is -0.450. The topological polar surface area (TPSA) is 97.8 Å². The molecule has 0 atom stereocenters. The summed E-state index contributed by atoms with van der Waals surface area (Å²) in [6, 6.07) is 12.0. The molecule has 10 heteroatoms. The van der Waals surface area contributed by atoms with Gasteiger partial charge in [-0.1, -0.05) is 23.9 Å². The number of thioether (sulfide) groups is 1. The molecule has 3 heterocycles. The van der Waals surface area contributed by atoms with Gasteiger partial charge in [-0.25, -0.2) is 4.98 Å². The maximum absolute atomic E-state index is 12.5. The molecule has 0 spiro atoms. The average molecular weight is 484 g/mol. The molecule has 2 aliphatic heterocycles. The first-order chi connectivity index (χ1) is 16.1. The third kappa shape index (κ3) is 4.79. The first-order valence-corrected chi connectivity index (χ1v) is 12.4. The summed E-state index contributed by atoms with van der Waals surface area (Å²) in [4.78, 5) is 43.1. The Balaban J connectivity index is 1.18. The third-order valence-corrected chi connectivity index (χ3v) is 7.50. The molecule has 1 saturated heterocycles. The lowest BCUT2D eigenvalue weighted by Gasteiger charge is -2.22. The number of aromatic nitrogens is 1. The standard InChI is InChI=1S/C23H21N3O5S2/c27-19(13-26-21(28)15-4-1-2-5-16(15)22(26)29)24-14-6-7-17-18(12-14)33-23(25-17)32-11-8-20-30-9-3-10-31-20/h1-2,4-7,12,20H,3,8-11,13H2,(H,24,27). The van der Waals surface area contributed by atoms with E-state index in [1.165, 1.54) is 0 Å². The number of carbonyl (C=O) groups is 3. The van der Waals surface area contributed by atoms with Crippen LogP contribution in [0.15, 0.2) is 46.8 Å². The minimum absolute atomic E-state index is 0.135. The predicted octanol–water partition coefficient (Wildman–Crippen LogP) is 3.78. The van der Waals surface area contributed by atoms with Gasteiger partial charge in [0.05, 0.1) is 34.6 Å². The molecule has 3 aromatic rings. The van der Waals surface area contributed by atoms with Gasteiger partial charge in [0.2, 0.25) is 5.91 Å². The van der Waals surface area contributed by atoms with Crippen molar-refractivity contribution in [3.63, 3.8) is 0 Å². The number of nitrogens with one attached hydrogen (secondary N) is 1. The van der Waals surface area contributed by atoms with Crippen molar-refractivity contribution in [2.24, 2.45) is 0 Å². The van der Waals surface area contributed by atoms with Crippen LogP contribution in [-0.4, -0.2) is 59.4 Å². The second-order valence-corrected chi connectivity index (χ2v) is 9.99. The molecule has 1 aromatic heterocycles. The second kappa shape index (κ2) is 9.60. The highest BCUT2D eigenvalue weighted by Crippen LogP contribution is 2.32. The first-order valence-electron chi connectivity index (χ1n) is 10.6. The maximum atomic E-state index is 12.5. The Hall–Kier alpha value is -2.79. The SMILES string of the molecule is O=C(CN1C(=O)c2ccccc2C1=O)Nc1ccc2nc(SCCC3OCCCO3)sc2c1. The van der Waals surface area contributed by atoms with E-state index in [0.717, 1.165) is 51.3 Å². The molecule has 2 aromatic carbocycles. The summed E-state index contributed by atoms with van der Waals surface area (Å²) >= 11 is 3.20. The molecule has 0 saturated carbocycles. The summed E-state index contributed by atoms with van der Waals surface area (Å²) in [6.07, 6.45) is 1.61. The summed E-state index contributed by atoms with van der Waals surface area (Å²) in [6.45, 7) is 1.16. The van der Waals surface area contributed by atoms with E-state index in [0.29, 0.717) is 16.8 Å². The number of imide groups is 1. The second-order valence-electron chi connectivity index (χ2n) is 7.61. The van der Waals surface area contributed by atoms with Crippen molar-refractivity contribution in [2.75, 3.05) is 30.8 Å². The molecule has 0 bridgehead atoms. The zero-order valence-corrected chi connectivity index (χ0v) is 19.2. The van der Waals surface area contributed by atoms with Gasteiger partial charge in [-0.05, 0) is 36.8 Å². The molecular weight excluding hydrogens is 462 g/mol. The van der Waals surface area contributed by atoms with Gasteiger partial charge in [-0.15, -0.1) is 11.3 Å². The molecule has 170 valence electrons. The molecule has 2 aliphatic rings. The Kier molecular flexibility index (Phi) is 6.41. The molecule has 33 heavy (non-hydrogen) atoms. The molecular formula is C23H21N3O5S2. The van der Waals surface area contributed by atoms with E-state index in [1.807, 2.05) is 12.1 Å². The number of ether oxygens (including phenoxy) is 2. The zero-order valence-electron chi connectivity index (χ0n) is 17.6. The van der Waals surface area contributed by atoms with Gasteiger partial charge in [0.15, 0.2) is 10.6 Å². The Morgan fingerprint density at radius 3 is 2.58 bits per heavy atom. The molecule has 0 unspecified atom stereocenters. The fraction of sp³-hybridized carbons (Fsp3) is 0.304. The smallest absolute Gasteiger partial charge is 0.262 e. The third-order valence-electron chi connectivity index (χ3n) is 5.31. The quantitative estimate of drug-likeness (QED) is 0.403. The van der Waals surface area contributed by atoms with Crippen molar-refractivity contribution in [3.05, 3.63) is 53.6 Å². The van der Waals surface area contributed by atoms with Crippen molar-refractivity contribution in [1.82, 2.24) is 9.88 Å². The lowest BCUT2D eigenvalue weighted by Crippen LogP contribution is -2.37. The van der Waals surface area contributed by atoms with Crippen molar-refractivity contribution < 1.29 is 23.9 Å². The highest BCUT2D eigenvalue weighted by Gasteiger charge is 2.36. The van der Waals surface area contributed by atoms with Gasteiger partial charge in [0.25, 0.3) is 11.8 Å². The Bertz CT molecular complexity index is 1190. The van der Waals surface area contributed by atoms with Crippen LogP contribution < -0.4 is 5.32 Å². The number of hydrogen-bond donors (Lipinski definition) is 1. The number of benzene rings is 2. The van der Waals surface area contributed by atoms with Gasteiger partial charge in [0, 0.05) is 17.9 Å². The van der Waals surface area contributed by atoms with Crippen molar-refractivity contribution >= 4 is 56.7 Å². The lowest BCUT2D eigenvalue weighted by molar-refractivity contribution is -0.178. The number of amides is 3. The minimum Gasteiger partial charge on any atom is -0.353 e. The van der Waals surface area contributed by atoms with Gasteiger partial charge in [-0.3, -0.25) is 19.3 Å². The largest absolute Gasteiger partial charge is 0.353 e. The van der Waals surface area contributed by atoms with E-state index in [1.54, 1.807) is 53.4 Å². The summed E-state index contributed by atoms with van der Waals surface area (Å²) in [5.74, 6) is -0.492. The van der Waals surface area contributed by atoms with E-state index in [-0.39, 0.29) is 12.8 Å². The molecule has 1 N–H and O–H groups in total. The molecule has 1 fully saturated rings. The van der Waals surface area contributed by atoms with Crippen molar-refractivity contribution in [2.45, 2.75) is 23.5 Å². The van der Waals surface area contributed by atoms with E-state index in [9.17, 15) is 14.4 Å². The molecule has 5 rings (SSSR count). The zero-order chi connectivity index (χ0) is 22.8. The normalized spacial score (nSPS) is 16.4. The van der Waals surface area contributed by atoms with E-state index >= 15 is 0 Å². The number of thiazole rings is 1. The molecule has 3 amide bonds. The van der Waals surface area contributed by atoms with Crippen LogP contribution in [0, 0.1) is 0 Å². The Labute approximate surface area is 198 Å². The van der Waals surface area contributed by atoms with Crippen LogP contribution in [0.3, 0.4) is 0 Å². The van der Waals surface area contributed by atoms with Crippen molar-refractivity contribution in [1.29, 1.82) is 0 Å². The average Bonchev–Trinajstić information content (AvgIpc) is 3.34. The Morgan fingerprint density at radius 2 is 1.85 bits per heavy atom. The highest BCUT2D eigenvalue weighted by atomic mass is 32.2. The molecule has 0 radical (unpaired) electrons. The lowest BCUT2D eigenvalue weighted by atomic mass is 10.1. The van der Waals surface area contributed by atoms with Crippen LogP contribution in [0.2, 0.25) is 0 Å². The van der Waals surface area contributed by atoms with E-state index in [4.69, 9.17) is 9.47 Å². The monoisotopic (exact) mass is 483 g/mol. The fourth-order valence-electron chi connectivity index (χ4n) is 3.72. The van der Waals surface area contributed by atoms with E-state index < -0.39 is 17.7 Å². The fourth-order valence-corrected chi connectivity index (χ4v) is 5.85.